The average molecular weight is 364 g/mol. The van der Waals surface area contributed by atoms with Gasteiger partial charge in [-0.3, -0.25) is 9.59 Å². The number of hydrogen-bond acceptors (Lipinski definition) is 4. The highest BCUT2D eigenvalue weighted by molar-refractivity contribution is 6.03. The lowest BCUT2D eigenvalue weighted by Crippen LogP contribution is -2.33. The van der Waals surface area contributed by atoms with Gasteiger partial charge in [-0.1, -0.05) is 30.3 Å². The van der Waals surface area contributed by atoms with Crippen LogP contribution in [-0.2, 0) is 13.0 Å². The molecule has 1 amide bonds. The van der Waals surface area contributed by atoms with Crippen molar-refractivity contribution in [2.45, 2.75) is 25.9 Å². The number of nitrogens with one attached hydrogen (secondary N) is 1. The Hall–Kier alpha value is -3.28. The fourth-order valence-electron chi connectivity index (χ4n) is 3.84. The third-order valence-electron chi connectivity index (χ3n) is 5.10. The molecule has 3 aromatic rings. The summed E-state index contributed by atoms with van der Waals surface area (Å²) < 4.78 is 6.89. The van der Waals surface area contributed by atoms with Crippen LogP contribution in [0.3, 0.4) is 0 Å². The van der Waals surface area contributed by atoms with Crippen molar-refractivity contribution in [1.82, 2.24) is 9.88 Å². The summed E-state index contributed by atoms with van der Waals surface area (Å²) in [4.78, 5) is 25.7. The van der Waals surface area contributed by atoms with Gasteiger partial charge >= 0.3 is 0 Å². The number of carbonyl (C=O) groups excluding carboxylic acids is 1. The normalized spacial score (nSPS) is 15.1. The Kier molecular flexibility index (Phi) is 4.11. The third kappa shape index (κ3) is 2.65. The van der Waals surface area contributed by atoms with Crippen molar-refractivity contribution in [1.29, 1.82) is 0 Å². The van der Waals surface area contributed by atoms with E-state index in [-0.39, 0.29) is 23.9 Å². The summed E-state index contributed by atoms with van der Waals surface area (Å²) in [5.41, 5.74) is 1.83. The smallest absolute Gasteiger partial charge is 0.267 e. The fraction of sp³-hybridized carbons (Fsp3) is 0.238. The van der Waals surface area contributed by atoms with Gasteiger partial charge in [0.05, 0.1) is 12.6 Å². The Morgan fingerprint density at radius 2 is 2.04 bits per heavy atom. The van der Waals surface area contributed by atoms with Crippen molar-refractivity contribution in [3.63, 3.8) is 0 Å². The van der Waals surface area contributed by atoms with Gasteiger partial charge in [-0.2, -0.15) is 0 Å². The van der Waals surface area contributed by atoms with E-state index in [1.807, 2.05) is 37.3 Å². The largest absolute Gasteiger partial charge is 0.506 e. The Bertz CT molecular complexity index is 1120. The van der Waals surface area contributed by atoms with Crippen molar-refractivity contribution < 1.29 is 14.6 Å². The lowest BCUT2D eigenvalue weighted by Gasteiger charge is -2.14. The van der Waals surface area contributed by atoms with Crippen LogP contribution < -0.4 is 15.6 Å². The van der Waals surface area contributed by atoms with E-state index in [9.17, 15) is 14.7 Å². The molecule has 4 rings (SSSR count). The van der Waals surface area contributed by atoms with Crippen LogP contribution in [-0.4, -0.2) is 22.7 Å². The lowest BCUT2D eigenvalue weighted by molar-refractivity contribution is 0.0946. The number of amides is 1. The molecule has 1 aliphatic rings. The molecule has 6 nitrogen and oxygen atoms in total. The molecule has 1 atom stereocenters. The van der Waals surface area contributed by atoms with Gasteiger partial charge in [0.15, 0.2) is 0 Å². The molecule has 0 saturated carbocycles. The standard InChI is InChI=1S/C21H20N2O4/c1-12-10-13-7-5-8-15-18(13)23(12)21(26)17(19(15)24)20(25)22-11-14-6-3-4-9-16(14)27-2/h3-9,12,24H,10-11H2,1-2H3,(H,22,25). The van der Waals surface area contributed by atoms with Crippen LogP contribution in [0.1, 0.15) is 34.5 Å². The number of rotatable bonds is 4. The SMILES string of the molecule is COc1ccccc1CNC(=O)c1c(O)c2cccc3c2n(c1=O)C(C)C3. The quantitative estimate of drug-likeness (QED) is 0.746. The van der Waals surface area contributed by atoms with Gasteiger partial charge < -0.3 is 19.7 Å². The fourth-order valence-corrected chi connectivity index (χ4v) is 3.84. The number of pyridine rings is 1. The Morgan fingerprint density at radius 3 is 2.81 bits per heavy atom. The van der Waals surface area contributed by atoms with Crippen molar-refractivity contribution >= 4 is 16.8 Å². The second kappa shape index (κ2) is 6.46. The molecule has 0 saturated heterocycles. The van der Waals surface area contributed by atoms with Crippen LogP contribution in [0.4, 0.5) is 0 Å². The van der Waals surface area contributed by atoms with E-state index >= 15 is 0 Å². The summed E-state index contributed by atoms with van der Waals surface area (Å²) in [7, 11) is 1.56. The van der Waals surface area contributed by atoms with E-state index in [4.69, 9.17) is 4.74 Å². The van der Waals surface area contributed by atoms with Crippen LogP contribution in [0.5, 0.6) is 11.5 Å². The van der Waals surface area contributed by atoms with Gasteiger partial charge in [-0.15, -0.1) is 0 Å². The molecule has 1 aromatic heterocycles. The van der Waals surface area contributed by atoms with Crippen LogP contribution in [0.15, 0.2) is 47.3 Å². The summed E-state index contributed by atoms with van der Waals surface area (Å²) in [6.45, 7) is 2.13. The molecule has 1 aliphatic heterocycles. The summed E-state index contributed by atoms with van der Waals surface area (Å²) >= 11 is 0. The second-order valence-corrected chi connectivity index (χ2v) is 6.76. The highest BCUT2D eigenvalue weighted by Crippen LogP contribution is 2.35. The number of benzene rings is 2. The number of hydrogen-bond donors (Lipinski definition) is 2. The number of aromatic hydroxyl groups is 1. The van der Waals surface area contributed by atoms with Gasteiger partial charge in [0.1, 0.15) is 17.1 Å². The first-order valence-corrected chi connectivity index (χ1v) is 8.82. The molecule has 1 unspecified atom stereocenters. The number of para-hydroxylation sites is 2. The third-order valence-corrected chi connectivity index (χ3v) is 5.10. The predicted molar refractivity (Wildman–Crippen MR) is 102 cm³/mol. The number of methoxy groups -OCH3 is 1. The van der Waals surface area contributed by atoms with E-state index < -0.39 is 11.5 Å². The highest BCUT2D eigenvalue weighted by Gasteiger charge is 2.29. The van der Waals surface area contributed by atoms with Crippen LogP contribution in [0, 0.1) is 0 Å². The molecule has 27 heavy (non-hydrogen) atoms. The molecule has 0 fully saturated rings. The molecule has 0 bridgehead atoms. The molecule has 2 heterocycles. The zero-order valence-corrected chi connectivity index (χ0v) is 15.2. The van der Waals surface area contributed by atoms with E-state index in [1.165, 1.54) is 0 Å². The maximum absolute atomic E-state index is 13.0. The molecule has 0 spiro atoms. The van der Waals surface area contributed by atoms with E-state index in [1.54, 1.807) is 23.8 Å². The zero-order chi connectivity index (χ0) is 19.1. The second-order valence-electron chi connectivity index (χ2n) is 6.76. The van der Waals surface area contributed by atoms with Crippen LogP contribution in [0.2, 0.25) is 0 Å². The minimum absolute atomic E-state index is 0.0567. The molecule has 0 radical (unpaired) electrons. The first kappa shape index (κ1) is 17.1. The van der Waals surface area contributed by atoms with Crippen molar-refractivity contribution in [3.05, 3.63) is 69.5 Å². The molecule has 6 heteroatoms. The summed E-state index contributed by atoms with van der Waals surface area (Å²) in [5, 5.41) is 13.9. The molecule has 0 aliphatic carbocycles. The van der Waals surface area contributed by atoms with E-state index in [2.05, 4.69) is 5.32 Å². The van der Waals surface area contributed by atoms with Crippen molar-refractivity contribution in [2.75, 3.05) is 7.11 Å². The van der Waals surface area contributed by atoms with Gasteiger partial charge in [-0.05, 0) is 31.0 Å². The number of aromatic nitrogens is 1. The minimum atomic E-state index is -0.599. The van der Waals surface area contributed by atoms with Gasteiger partial charge in [0.2, 0.25) is 0 Å². The van der Waals surface area contributed by atoms with Crippen molar-refractivity contribution in [3.8, 4) is 11.5 Å². The van der Waals surface area contributed by atoms with Crippen LogP contribution in [0.25, 0.3) is 10.9 Å². The number of nitrogens with zero attached hydrogens (tertiary/aromatic N) is 1. The highest BCUT2D eigenvalue weighted by atomic mass is 16.5. The Morgan fingerprint density at radius 1 is 1.26 bits per heavy atom. The molecule has 2 aromatic carbocycles. The Balaban J connectivity index is 1.75. The maximum Gasteiger partial charge on any atom is 0.267 e. The van der Waals surface area contributed by atoms with Crippen LogP contribution >= 0.6 is 0 Å². The summed E-state index contributed by atoms with van der Waals surface area (Å²) in [5.74, 6) is -0.215. The first-order valence-electron chi connectivity index (χ1n) is 8.82. The van der Waals surface area contributed by atoms with Crippen molar-refractivity contribution in [2.24, 2.45) is 0 Å². The minimum Gasteiger partial charge on any atom is -0.506 e. The zero-order valence-electron chi connectivity index (χ0n) is 15.2. The number of carbonyl (C=O) groups is 1. The maximum atomic E-state index is 13.0. The molecular weight excluding hydrogens is 344 g/mol. The lowest BCUT2D eigenvalue weighted by atomic mass is 10.1. The topological polar surface area (TPSA) is 80.6 Å². The first-order chi connectivity index (χ1) is 13.0. The molecule has 2 N–H and O–H groups in total. The van der Waals surface area contributed by atoms with E-state index in [0.29, 0.717) is 23.1 Å². The summed E-state index contributed by atoms with van der Waals surface area (Å²) in [6, 6.07) is 12.8. The number of ether oxygens (including phenoxy) is 1. The predicted octanol–water partition coefficient (Wildman–Crippen LogP) is 2.76. The molecule has 138 valence electrons. The Labute approximate surface area is 156 Å². The van der Waals surface area contributed by atoms with Gasteiger partial charge in [0, 0.05) is 23.5 Å². The average Bonchev–Trinajstić information content (AvgIpc) is 3.01. The monoisotopic (exact) mass is 364 g/mol. The van der Waals surface area contributed by atoms with Gasteiger partial charge in [-0.25, -0.2) is 0 Å². The summed E-state index contributed by atoms with van der Waals surface area (Å²) in [6.07, 6.45) is 0.707. The van der Waals surface area contributed by atoms with E-state index in [0.717, 1.165) is 11.1 Å². The van der Waals surface area contributed by atoms with Gasteiger partial charge in [0.25, 0.3) is 11.5 Å². The molecular formula is C21H20N2O4.